The second kappa shape index (κ2) is 11.1. The molecule has 0 spiro atoms. The number of hydrogen-bond acceptors (Lipinski definition) is 5. The fourth-order valence-electron chi connectivity index (χ4n) is 3.31. The van der Waals surface area contributed by atoms with Crippen LogP contribution in [0.3, 0.4) is 0 Å². The second-order valence-electron chi connectivity index (χ2n) is 7.44. The summed E-state index contributed by atoms with van der Waals surface area (Å²) in [6, 6.07) is 22.8. The summed E-state index contributed by atoms with van der Waals surface area (Å²) < 4.78 is 25.4. The van der Waals surface area contributed by atoms with Crippen molar-refractivity contribution in [1.82, 2.24) is 4.57 Å². The van der Waals surface area contributed by atoms with Gasteiger partial charge in [0.15, 0.2) is 11.5 Å². The van der Waals surface area contributed by atoms with Gasteiger partial charge in [-0.3, -0.25) is 0 Å². The van der Waals surface area contributed by atoms with Gasteiger partial charge in [0.05, 0.1) is 19.9 Å². The lowest BCUT2D eigenvalue weighted by molar-refractivity contribution is 0.256. The van der Waals surface area contributed by atoms with Crippen molar-refractivity contribution in [1.29, 1.82) is 0 Å². The van der Waals surface area contributed by atoms with E-state index in [-0.39, 0.29) is 0 Å². The fourth-order valence-corrected chi connectivity index (χ4v) is 3.74. The van der Waals surface area contributed by atoms with Crippen LogP contribution in [0.15, 0.2) is 85.2 Å². The Labute approximate surface area is 209 Å². The molecule has 0 aliphatic rings. The van der Waals surface area contributed by atoms with E-state index in [1.54, 1.807) is 14.2 Å². The van der Waals surface area contributed by atoms with Crippen LogP contribution in [0.4, 0.5) is 0 Å². The molecule has 0 amide bonds. The molecule has 34 heavy (non-hydrogen) atoms. The van der Waals surface area contributed by atoms with Crippen molar-refractivity contribution >= 4 is 23.8 Å². The molecule has 0 unspecified atom stereocenters. The standard InChI is InChI=1S/C27H24ClNO4S/c1-30-21-7-3-19(4-8-21)17-32-25-12-11-24(29-15-13-23(34)14-16-29)26(28)27(25)33-18-20-5-9-22(31-2)10-6-20/h3-16H,17-18H2,1-2H3. The average molecular weight is 494 g/mol. The van der Waals surface area contributed by atoms with Gasteiger partial charge in [-0.1, -0.05) is 48.1 Å². The van der Waals surface area contributed by atoms with E-state index in [2.05, 4.69) is 0 Å². The Morgan fingerprint density at radius 1 is 0.706 bits per heavy atom. The summed E-state index contributed by atoms with van der Waals surface area (Å²) in [6.45, 7) is 0.679. The van der Waals surface area contributed by atoms with Crippen molar-refractivity contribution in [2.24, 2.45) is 0 Å². The van der Waals surface area contributed by atoms with Crippen molar-refractivity contribution in [2.75, 3.05) is 14.2 Å². The van der Waals surface area contributed by atoms with Gasteiger partial charge in [-0.25, -0.2) is 0 Å². The van der Waals surface area contributed by atoms with Crippen LogP contribution in [0.25, 0.3) is 5.69 Å². The Balaban J connectivity index is 1.61. The normalized spacial score (nSPS) is 10.6. The number of methoxy groups -OCH3 is 2. The molecule has 0 N–H and O–H groups in total. The van der Waals surface area contributed by atoms with Crippen molar-refractivity contribution in [3.05, 3.63) is 106 Å². The Kier molecular flexibility index (Phi) is 7.72. The molecule has 4 aromatic rings. The number of aromatic nitrogens is 1. The number of hydrogen-bond donors (Lipinski definition) is 0. The monoisotopic (exact) mass is 493 g/mol. The molecule has 0 radical (unpaired) electrons. The van der Waals surface area contributed by atoms with Gasteiger partial charge in [0, 0.05) is 16.9 Å². The molecule has 0 saturated carbocycles. The largest absolute Gasteiger partial charge is 0.497 e. The van der Waals surface area contributed by atoms with E-state index in [0.717, 1.165) is 32.8 Å². The molecule has 0 aliphatic heterocycles. The minimum absolute atomic E-state index is 0.321. The smallest absolute Gasteiger partial charge is 0.182 e. The quantitative estimate of drug-likeness (QED) is 0.234. The van der Waals surface area contributed by atoms with Crippen molar-refractivity contribution in [3.63, 3.8) is 0 Å². The highest BCUT2D eigenvalue weighted by atomic mass is 35.5. The SMILES string of the molecule is COc1ccc(COc2ccc(-n3ccc(=S)cc3)c(Cl)c2OCc2ccc(OC)cc2)cc1. The number of benzene rings is 3. The molecule has 0 bridgehead atoms. The lowest BCUT2D eigenvalue weighted by Crippen LogP contribution is -2.04. The molecule has 0 aliphatic carbocycles. The Hall–Kier alpha value is -3.48. The summed E-state index contributed by atoms with van der Waals surface area (Å²) in [4.78, 5) is 0. The zero-order valence-corrected chi connectivity index (χ0v) is 20.4. The summed E-state index contributed by atoms with van der Waals surface area (Å²) in [5, 5.41) is 0.447. The van der Waals surface area contributed by atoms with Gasteiger partial charge in [0.2, 0.25) is 0 Å². The zero-order valence-electron chi connectivity index (χ0n) is 18.9. The summed E-state index contributed by atoms with van der Waals surface area (Å²) in [6.07, 6.45) is 3.74. The third-order valence-electron chi connectivity index (χ3n) is 5.21. The van der Waals surface area contributed by atoms with E-state index in [4.69, 9.17) is 42.8 Å². The van der Waals surface area contributed by atoms with Crippen LogP contribution in [-0.2, 0) is 13.2 Å². The summed E-state index contributed by atoms with van der Waals surface area (Å²) in [5.74, 6) is 2.60. The Morgan fingerprint density at radius 3 is 1.76 bits per heavy atom. The van der Waals surface area contributed by atoms with E-state index in [1.165, 1.54) is 0 Å². The van der Waals surface area contributed by atoms with Gasteiger partial charge in [-0.05, 0) is 59.7 Å². The van der Waals surface area contributed by atoms with Crippen molar-refractivity contribution < 1.29 is 18.9 Å². The molecule has 174 valence electrons. The molecule has 0 fully saturated rings. The van der Waals surface area contributed by atoms with Crippen LogP contribution < -0.4 is 18.9 Å². The number of ether oxygens (including phenoxy) is 4. The molecule has 1 heterocycles. The molecule has 0 saturated heterocycles. The van der Waals surface area contributed by atoms with Crippen LogP contribution >= 0.6 is 23.8 Å². The first kappa shape index (κ1) is 23.7. The molecular formula is C27H24ClNO4S. The van der Waals surface area contributed by atoms with Gasteiger partial charge in [0.25, 0.3) is 0 Å². The van der Waals surface area contributed by atoms with E-state index in [9.17, 15) is 0 Å². The number of nitrogens with zero attached hydrogens (tertiary/aromatic N) is 1. The fraction of sp³-hybridized carbons (Fsp3) is 0.148. The molecule has 4 rings (SSSR count). The zero-order chi connectivity index (χ0) is 23.9. The molecular weight excluding hydrogens is 470 g/mol. The predicted molar refractivity (Wildman–Crippen MR) is 136 cm³/mol. The molecule has 3 aromatic carbocycles. The lowest BCUT2D eigenvalue weighted by atomic mass is 10.2. The van der Waals surface area contributed by atoms with Crippen LogP contribution in [0, 0.1) is 4.51 Å². The van der Waals surface area contributed by atoms with Gasteiger partial charge < -0.3 is 23.5 Å². The predicted octanol–water partition coefficient (Wildman–Crippen LogP) is 7.04. The first-order chi connectivity index (χ1) is 16.6. The Bertz CT molecular complexity index is 1280. The van der Waals surface area contributed by atoms with Gasteiger partial charge in [-0.15, -0.1) is 0 Å². The van der Waals surface area contributed by atoms with Gasteiger partial charge >= 0.3 is 0 Å². The van der Waals surface area contributed by atoms with Crippen LogP contribution in [0.5, 0.6) is 23.0 Å². The highest BCUT2D eigenvalue weighted by Crippen LogP contribution is 2.40. The highest BCUT2D eigenvalue weighted by Gasteiger charge is 2.16. The van der Waals surface area contributed by atoms with Crippen molar-refractivity contribution in [3.8, 4) is 28.7 Å². The summed E-state index contributed by atoms with van der Waals surface area (Å²) >= 11 is 12.0. The molecule has 1 aromatic heterocycles. The number of pyridine rings is 1. The van der Waals surface area contributed by atoms with Gasteiger partial charge in [-0.2, -0.15) is 0 Å². The molecule has 5 nitrogen and oxygen atoms in total. The lowest BCUT2D eigenvalue weighted by Gasteiger charge is -2.18. The summed E-state index contributed by atoms with van der Waals surface area (Å²) in [5.41, 5.74) is 2.74. The third-order valence-corrected chi connectivity index (χ3v) is 5.85. The van der Waals surface area contributed by atoms with Crippen molar-refractivity contribution in [2.45, 2.75) is 13.2 Å². The van der Waals surface area contributed by atoms with Crippen LogP contribution in [0.2, 0.25) is 5.02 Å². The molecule has 0 atom stereocenters. The number of rotatable bonds is 9. The maximum atomic E-state index is 6.84. The Morgan fingerprint density at radius 2 is 1.24 bits per heavy atom. The third kappa shape index (κ3) is 5.71. The maximum Gasteiger partial charge on any atom is 0.182 e. The van der Waals surface area contributed by atoms with E-state index < -0.39 is 0 Å². The van der Waals surface area contributed by atoms with Crippen LogP contribution in [0.1, 0.15) is 11.1 Å². The minimum atomic E-state index is 0.321. The highest BCUT2D eigenvalue weighted by molar-refractivity contribution is 7.71. The maximum absolute atomic E-state index is 6.84. The van der Waals surface area contributed by atoms with E-state index in [0.29, 0.717) is 29.7 Å². The van der Waals surface area contributed by atoms with E-state index in [1.807, 2.05) is 89.8 Å². The molecule has 7 heteroatoms. The minimum Gasteiger partial charge on any atom is -0.497 e. The number of halogens is 1. The van der Waals surface area contributed by atoms with E-state index >= 15 is 0 Å². The average Bonchev–Trinajstić information content (AvgIpc) is 2.88. The first-order valence-corrected chi connectivity index (χ1v) is 11.4. The van der Waals surface area contributed by atoms with Crippen LogP contribution in [-0.4, -0.2) is 18.8 Å². The second-order valence-corrected chi connectivity index (χ2v) is 8.29. The summed E-state index contributed by atoms with van der Waals surface area (Å²) in [7, 11) is 3.28. The van der Waals surface area contributed by atoms with Gasteiger partial charge in [0.1, 0.15) is 29.7 Å². The first-order valence-electron chi connectivity index (χ1n) is 10.6. The topological polar surface area (TPSA) is 41.9 Å².